The van der Waals surface area contributed by atoms with Gasteiger partial charge in [-0.15, -0.1) is 0 Å². The van der Waals surface area contributed by atoms with Crippen molar-refractivity contribution in [2.45, 2.75) is 12.8 Å². The van der Waals surface area contributed by atoms with Gasteiger partial charge in [-0.3, -0.25) is 0 Å². The smallest absolute Gasteiger partial charge is 0.0670 e. The number of fused-ring (bicyclic) bond motifs is 1. The summed E-state index contributed by atoms with van der Waals surface area (Å²) >= 11 is 5.16. The fourth-order valence-electron chi connectivity index (χ4n) is 1.15. The highest BCUT2D eigenvalue weighted by Crippen LogP contribution is 2.51. The van der Waals surface area contributed by atoms with E-state index < -0.39 is 0 Å². The highest BCUT2D eigenvalue weighted by molar-refractivity contribution is 8.85. The van der Waals surface area contributed by atoms with Gasteiger partial charge < -0.3 is 0 Å². The highest BCUT2D eigenvalue weighted by atomic mass is 33.1. The number of allylic oxidation sites excluding steroid dienone is 2. The average Bonchev–Trinajstić information content (AvgIpc) is 2.35. The maximum atomic E-state index is 5.16. The third kappa shape index (κ3) is 0.954. The van der Waals surface area contributed by atoms with Gasteiger partial charge in [-0.2, -0.15) is 0 Å². The SMILES string of the molecule is S=C1SSC2=CCCC12. The van der Waals surface area contributed by atoms with Gasteiger partial charge in [0.05, 0.1) is 4.20 Å². The van der Waals surface area contributed by atoms with Crippen LogP contribution >= 0.6 is 33.8 Å². The minimum Gasteiger partial charge on any atom is -0.0758 e. The van der Waals surface area contributed by atoms with Crippen molar-refractivity contribution in [1.29, 1.82) is 0 Å². The Morgan fingerprint density at radius 1 is 1.56 bits per heavy atom. The molecule has 0 N–H and O–H groups in total. The Hall–Kier alpha value is 0.530. The zero-order valence-corrected chi connectivity index (χ0v) is 7.24. The lowest BCUT2D eigenvalue weighted by Crippen LogP contribution is -1.98. The first-order valence-corrected chi connectivity index (χ1v) is 5.52. The molecule has 0 radical (unpaired) electrons. The second kappa shape index (κ2) is 2.29. The first-order chi connectivity index (χ1) is 4.38. The van der Waals surface area contributed by atoms with Crippen LogP contribution in [0.4, 0.5) is 0 Å². The molecule has 48 valence electrons. The van der Waals surface area contributed by atoms with Gasteiger partial charge in [-0.1, -0.05) is 29.1 Å². The number of thiocarbonyl (C=S) groups is 1. The van der Waals surface area contributed by atoms with Gasteiger partial charge in [-0.25, -0.2) is 0 Å². The molecule has 0 amide bonds. The van der Waals surface area contributed by atoms with E-state index in [-0.39, 0.29) is 0 Å². The minimum absolute atomic E-state index is 0.662. The monoisotopic (exact) mass is 174 g/mol. The van der Waals surface area contributed by atoms with Crippen LogP contribution in [0.3, 0.4) is 0 Å². The minimum atomic E-state index is 0.662. The largest absolute Gasteiger partial charge is 0.0758 e. The van der Waals surface area contributed by atoms with Crippen LogP contribution in [0.5, 0.6) is 0 Å². The maximum Gasteiger partial charge on any atom is 0.0670 e. The molecule has 2 aliphatic rings. The second-order valence-electron chi connectivity index (χ2n) is 2.22. The molecular formula is C6H6S3. The van der Waals surface area contributed by atoms with Crippen molar-refractivity contribution in [3.63, 3.8) is 0 Å². The van der Waals surface area contributed by atoms with Crippen molar-refractivity contribution in [1.82, 2.24) is 0 Å². The lowest BCUT2D eigenvalue weighted by molar-refractivity contribution is 0.823. The molecule has 0 aromatic carbocycles. The van der Waals surface area contributed by atoms with Gasteiger partial charge in [0.15, 0.2) is 0 Å². The van der Waals surface area contributed by atoms with E-state index in [1.807, 2.05) is 10.8 Å². The van der Waals surface area contributed by atoms with Crippen LogP contribution in [-0.4, -0.2) is 4.20 Å². The molecular weight excluding hydrogens is 168 g/mol. The van der Waals surface area contributed by atoms with Gasteiger partial charge in [0.2, 0.25) is 0 Å². The molecule has 1 heterocycles. The zero-order chi connectivity index (χ0) is 6.27. The number of rotatable bonds is 0. The van der Waals surface area contributed by atoms with Crippen LogP contribution < -0.4 is 0 Å². The highest BCUT2D eigenvalue weighted by Gasteiger charge is 2.30. The summed E-state index contributed by atoms with van der Waals surface area (Å²) < 4.78 is 1.20. The predicted octanol–water partition coefficient (Wildman–Crippen LogP) is 3.00. The summed E-state index contributed by atoms with van der Waals surface area (Å²) in [7, 11) is 3.63. The molecule has 1 unspecified atom stereocenters. The maximum absolute atomic E-state index is 5.16. The molecule has 2 rings (SSSR count). The summed E-state index contributed by atoms with van der Waals surface area (Å²) in [5.41, 5.74) is 0. The van der Waals surface area contributed by atoms with Crippen molar-refractivity contribution in [2.75, 3.05) is 0 Å². The Bertz CT molecular complexity index is 183. The van der Waals surface area contributed by atoms with Crippen LogP contribution in [0.15, 0.2) is 11.0 Å². The molecule has 9 heavy (non-hydrogen) atoms. The third-order valence-electron chi connectivity index (χ3n) is 1.65. The zero-order valence-electron chi connectivity index (χ0n) is 4.79. The van der Waals surface area contributed by atoms with Crippen molar-refractivity contribution in [3.8, 4) is 0 Å². The molecule has 0 spiro atoms. The van der Waals surface area contributed by atoms with Gasteiger partial charge in [0.25, 0.3) is 0 Å². The molecule has 1 aliphatic heterocycles. The van der Waals surface area contributed by atoms with Crippen molar-refractivity contribution < 1.29 is 0 Å². The van der Waals surface area contributed by atoms with Crippen molar-refractivity contribution >= 4 is 38.0 Å². The number of hydrogen-bond donors (Lipinski definition) is 0. The van der Waals surface area contributed by atoms with Gasteiger partial charge in [0.1, 0.15) is 0 Å². The van der Waals surface area contributed by atoms with Crippen LogP contribution in [0.1, 0.15) is 12.8 Å². The molecule has 1 atom stereocenters. The number of hydrogen-bond acceptors (Lipinski definition) is 3. The van der Waals surface area contributed by atoms with E-state index in [0.29, 0.717) is 5.92 Å². The lowest BCUT2D eigenvalue weighted by Gasteiger charge is -1.98. The Morgan fingerprint density at radius 3 is 3.22 bits per heavy atom. The molecule has 0 bridgehead atoms. The summed E-state index contributed by atoms with van der Waals surface area (Å²) in [6.07, 6.45) is 4.84. The van der Waals surface area contributed by atoms with E-state index in [1.165, 1.54) is 21.9 Å². The van der Waals surface area contributed by atoms with Gasteiger partial charge >= 0.3 is 0 Å². The van der Waals surface area contributed by atoms with Crippen molar-refractivity contribution in [3.05, 3.63) is 11.0 Å². The standard InChI is InChI=1S/C6H6S3/c7-6-4-2-1-3-5(4)8-9-6/h3-4H,1-2H2. The fraction of sp³-hybridized carbons (Fsp3) is 0.500. The summed E-state index contributed by atoms with van der Waals surface area (Å²) in [4.78, 5) is 1.52. The average molecular weight is 174 g/mol. The molecule has 0 saturated carbocycles. The summed E-state index contributed by atoms with van der Waals surface area (Å²) in [5, 5.41) is 0. The first-order valence-electron chi connectivity index (χ1n) is 2.96. The summed E-state index contributed by atoms with van der Waals surface area (Å²) in [6.45, 7) is 0. The molecule has 3 heteroatoms. The van der Waals surface area contributed by atoms with E-state index in [0.717, 1.165) is 0 Å². The topological polar surface area (TPSA) is 0 Å². The molecule has 0 nitrogen and oxygen atoms in total. The summed E-state index contributed by atoms with van der Waals surface area (Å²) in [6, 6.07) is 0. The van der Waals surface area contributed by atoms with Crippen LogP contribution in [0, 0.1) is 5.92 Å². The van der Waals surface area contributed by atoms with E-state index in [9.17, 15) is 0 Å². The second-order valence-corrected chi connectivity index (χ2v) is 5.16. The van der Waals surface area contributed by atoms with Crippen LogP contribution in [0.2, 0.25) is 0 Å². The quantitative estimate of drug-likeness (QED) is 0.409. The first kappa shape index (κ1) is 6.25. The Labute approximate surface area is 67.9 Å². The molecule has 0 aromatic heterocycles. The molecule has 0 aromatic rings. The molecule has 1 aliphatic carbocycles. The molecule has 1 fully saturated rings. The van der Waals surface area contributed by atoms with E-state index in [4.69, 9.17) is 12.2 Å². The fourth-order valence-corrected chi connectivity index (χ4v) is 4.36. The Kier molecular flexibility index (Phi) is 1.59. The van der Waals surface area contributed by atoms with Crippen LogP contribution in [0.25, 0.3) is 0 Å². The van der Waals surface area contributed by atoms with E-state index >= 15 is 0 Å². The predicted molar refractivity (Wildman–Crippen MR) is 48.6 cm³/mol. The Morgan fingerprint density at radius 2 is 2.44 bits per heavy atom. The van der Waals surface area contributed by atoms with E-state index in [2.05, 4.69) is 6.08 Å². The Balaban J connectivity index is 2.29. The van der Waals surface area contributed by atoms with Crippen molar-refractivity contribution in [2.24, 2.45) is 5.92 Å². The summed E-state index contributed by atoms with van der Waals surface area (Å²) in [5.74, 6) is 0.662. The van der Waals surface area contributed by atoms with Crippen LogP contribution in [-0.2, 0) is 0 Å². The molecule has 1 saturated heterocycles. The van der Waals surface area contributed by atoms with Gasteiger partial charge in [0, 0.05) is 10.8 Å². The van der Waals surface area contributed by atoms with E-state index in [1.54, 1.807) is 10.8 Å². The normalized spacial score (nSPS) is 32.7. The third-order valence-corrected chi connectivity index (χ3v) is 5.04. The van der Waals surface area contributed by atoms with Gasteiger partial charge in [-0.05, 0) is 23.6 Å². The lowest BCUT2D eigenvalue weighted by atomic mass is 10.1.